The highest BCUT2D eigenvalue weighted by molar-refractivity contribution is 5.57. The van der Waals surface area contributed by atoms with Crippen LogP contribution in [0.25, 0.3) is 11.3 Å². The zero-order valence-corrected chi connectivity index (χ0v) is 12.8. The van der Waals surface area contributed by atoms with Crippen LogP contribution < -0.4 is 5.43 Å². The third-order valence-corrected chi connectivity index (χ3v) is 5.95. The Bertz CT molecular complexity index is 640. The molecule has 1 heterocycles. The average molecular weight is 294 g/mol. The normalized spacial score (nSPS) is 35.7. The second-order valence-electron chi connectivity index (χ2n) is 7.72. The summed E-state index contributed by atoms with van der Waals surface area (Å²) >= 11 is 0. The third kappa shape index (κ3) is 2.04. The van der Waals surface area contributed by atoms with Crippen LogP contribution in [-0.4, -0.2) is 20.6 Å². The molecule has 0 spiro atoms. The molecule has 0 aliphatic heterocycles. The maximum Gasteiger partial charge on any atom is 0.115 e. The minimum Gasteiger partial charge on any atom is -0.302 e. The monoisotopic (exact) mass is 294 g/mol. The van der Waals surface area contributed by atoms with Gasteiger partial charge in [-0.15, -0.1) is 5.10 Å². The van der Waals surface area contributed by atoms with E-state index in [1.54, 1.807) is 0 Å². The summed E-state index contributed by atoms with van der Waals surface area (Å²) in [4.78, 5) is 1.87. The Hall–Kier alpha value is -1.84. The standard InChI is InChI=1S/C18H22N4/c1-2-4-16(5-3-1)17-12-22(21-19-17)20-18-9-13-6-14(10-18)8-15(7-13)11-18/h1-5,12-15,20H,6-11H2. The van der Waals surface area contributed by atoms with Crippen molar-refractivity contribution >= 4 is 0 Å². The Morgan fingerprint density at radius 1 is 0.955 bits per heavy atom. The molecule has 1 aromatic carbocycles. The van der Waals surface area contributed by atoms with E-state index in [-0.39, 0.29) is 5.54 Å². The van der Waals surface area contributed by atoms with E-state index < -0.39 is 0 Å². The molecule has 2 aromatic rings. The zero-order valence-electron chi connectivity index (χ0n) is 12.8. The fraction of sp³-hybridized carbons (Fsp3) is 0.556. The van der Waals surface area contributed by atoms with Gasteiger partial charge in [-0.3, -0.25) is 0 Å². The van der Waals surface area contributed by atoms with Gasteiger partial charge in [-0.2, -0.15) is 4.79 Å². The number of aromatic nitrogens is 3. The molecule has 4 aliphatic carbocycles. The highest BCUT2D eigenvalue weighted by Crippen LogP contribution is 2.55. The first-order valence-corrected chi connectivity index (χ1v) is 8.54. The zero-order chi connectivity index (χ0) is 14.6. The van der Waals surface area contributed by atoms with Crippen LogP contribution in [0.2, 0.25) is 0 Å². The first kappa shape index (κ1) is 12.7. The molecule has 0 amide bonds. The minimum absolute atomic E-state index is 0.274. The molecule has 4 bridgehead atoms. The summed E-state index contributed by atoms with van der Waals surface area (Å²) in [7, 11) is 0. The second kappa shape index (κ2) is 4.58. The van der Waals surface area contributed by atoms with Crippen molar-refractivity contribution in [1.82, 2.24) is 15.1 Å². The average Bonchev–Trinajstić information content (AvgIpc) is 2.94. The van der Waals surface area contributed by atoms with Crippen molar-refractivity contribution in [2.24, 2.45) is 17.8 Å². The van der Waals surface area contributed by atoms with Crippen molar-refractivity contribution in [3.05, 3.63) is 36.5 Å². The molecular weight excluding hydrogens is 272 g/mol. The number of hydrogen-bond acceptors (Lipinski definition) is 3. The molecule has 114 valence electrons. The van der Waals surface area contributed by atoms with E-state index in [9.17, 15) is 0 Å². The van der Waals surface area contributed by atoms with Crippen LogP contribution in [0.5, 0.6) is 0 Å². The molecule has 1 aromatic heterocycles. The molecule has 6 rings (SSSR count). The summed E-state index contributed by atoms with van der Waals surface area (Å²) in [6.45, 7) is 0. The lowest BCUT2D eigenvalue weighted by Gasteiger charge is -2.56. The lowest BCUT2D eigenvalue weighted by Crippen LogP contribution is -2.57. The van der Waals surface area contributed by atoms with Gasteiger partial charge < -0.3 is 5.43 Å². The first-order valence-electron chi connectivity index (χ1n) is 8.54. The van der Waals surface area contributed by atoms with Gasteiger partial charge in [0.2, 0.25) is 0 Å². The summed E-state index contributed by atoms with van der Waals surface area (Å²) in [5, 5.41) is 8.66. The van der Waals surface area contributed by atoms with Crippen LogP contribution in [0.4, 0.5) is 0 Å². The van der Waals surface area contributed by atoms with Crippen LogP contribution in [0.3, 0.4) is 0 Å². The molecule has 0 atom stereocenters. The molecule has 22 heavy (non-hydrogen) atoms. The highest BCUT2D eigenvalue weighted by Gasteiger charge is 2.51. The first-order chi connectivity index (χ1) is 10.8. The van der Waals surface area contributed by atoms with Crippen molar-refractivity contribution in [1.29, 1.82) is 0 Å². The molecule has 0 radical (unpaired) electrons. The van der Waals surface area contributed by atoms with Crippen molar-refractivity contribution in [3.63, 3.8) is 0 Å². The Balaban J connectivity index is 1.39. The second-order valence-corrected chi connectivity index (χ2v) is 7.72. The van der Waals surface area contributed by atoms with Crippen LogP contribution in [0.15, 0.2) is 36.5 Å². The third-order valence-electron chi connectivity index (χ3n) is 5.95. The van der Waals surface area contributed by atoms with Gasteiger partial charge in [0.1, 0.15) is 5.69 Å². The lowest BCUT2D eigenvalue weighted by atomic mass is 9.53. The molecule has 1 N–H and O–H groups in total. The maximum absolute atomic E-state index is 4.34. The van der Waals surface area contributed by atoms with Gasteiger partial charge in [-0.25, -0.2) is 0 Å². The number of benzene rings is 1. The van der Waals surface area contributed by atoms with Gasteiger partial charge in [0.15, 0.2) is 0 Å². The molecular formula is C18H22N4. The Morgan fingerprint density at radius 3 is 2.23 bits per heavy atom. The predicted molar refractivity (Wildman–Crippen MR) is 85.7 cm³/mol. The van der Waals surface area contributed by atoms with Gasteiger partial charge in [0.05, 0.1) is 11.7 Å². The SMILES string of the molecule is c1ccc(-c2cn(NC34CC5CC(CC(C5)C3)C4)nn2)cc1. The van der Waals surface area contributed by atoms with Crippen molar-refractivity contribution in [3.8, 4) is 11.3 Å². The predicted octanol–water partition coefficient (Wildman–Crippen LogP) is 3.46. The number of nitrogens with one attached hydrogen (secondary N) is 1. The molecule has 4 aliphatic rings. The van der Waals surface area contributed by atoms with Gasteiger partial charge in [0.25, 0.3) is 0 Å². The van der Waals surface area contributed by atoms with E-state index in [2.05, 4.69) is 27.9 Å². The van der Waals surface area contributed by atoms with Crippen molar-refractivity contribution in [2.75, 3.05) is 5.43 Å². The highest BCUT2D eigenvalue weighted by atomic mass is 15.6. The van der Waals surface area contributed by atoms with Gasteiger partial charge in [0, 0.05) is 5.56 Å². The molecule has 0 saturated heterocycles. The smallest absolute Gasteiger partial charge is 0.115 e. The van der Waals surface area contributed by atoms with E-state index in [1.807, 2.05) is 29.2 Å². The molecule has 4 nitrogen and oxygen atoms in total. The number of nitrogens with zero attached hydrogens (tertiary/aromatic N) is 3. The molecule has 4 heteroatoms. The summed E-state index contributed by atoms with van der Waals surface area (Å²) in [6, 6.07) is 10.3. The van der Waals surface area contributed by atoms with E-state index in [4.69, 9.17) is 0 Å². The summed E-state index contributed by atoms with van der Waals surface area (Å²) in [5.74, 6) is 2.82. The van der Waals surface area contributed by atoms with E-state index in [0.717, 1.165) is 29.0 Å². The summed E-state index contributed by atoms with van der Waals surface area (Å²) < 4.78 is 0. The van der Waals surface area contributed by atoms with Crippen LogP contribution in [0.1, 0.15) is 38.5 Å². The minimum atomic E-state index is 0.274. The largest absolute Gasteiger partial charge is 0.302 e. The Labute approximate surface area is 130 Å². The topological polar surface area (TPSA) is 42.7 Å². The van der Waals surface area contributed by atoms with E-state index in [1.165, 1.54) is 38.5 Å². The fourth-order valence-electron chi connectivity index (χ4n) is 5.55. The lowest BCUT2D eigenvalue weighted by molar-refractivity contribution is 0.00374. The Morgan fingerprint density at radius 2 is 1.59 bits per heavy atom. The molecule has 4 saturated carbocycles. The van der Waals surface area contributed by atoms with Crippen molar-refractivity contribution < 1.29 is 0 Å². The van der Waals surface area contributed by atoms with Crippen LogP contribution >= 0.6 is 0 Å². The fourth-order valence-corrected chi connectivity index (χ4v) is 5.55. The number of hydrogen-bond donors (Lipinski definition) is 1. The summed E-state index contributed by atoms with van der Waals surface area (Å²) in [5.41, 5.74) is 6.06. The van der Waals surface area contributed by atoms with Crippen molar-refractivity contribution in [2.45, 2.75) is 44.1 Å². The summed E-state index contributed by atoms with van der Waals surface area (Å²) in [6.07, 6.45) is 10.4. The number of rotatable bonds is 3. The van der Waals surface area contributed by atoms with E-state index >= 15 is 0 Å². The van der Waals surface area contributed by atoms with Gasteiger partial charge in [-0.05, 0) is 61.5 Å². The van der Waals surface area contributed by atoms with Gasteiger partial charge in [-0.1, -0.05) is 30.3 Å². The van der Waals surface area contributed by atoms with E-state index in [0.29, 0.717) is 0 Å². The Kier molecular flexibility index (Phi) is 2.64. The molecule has 4 fully saturated rings. The molecule has 0 unspecified atom stereocenters. The maximum atomic E-state index is 4.34. The quantitative estimate of drug-likeness (QED) is 0.942. The van der Waals surface area contributed by atoms with Gasteiger partial charge >= 0.3 is 0 Å². The van der Waals surface area contributed by atoms with Crippen LogP contribution in [0, 0.1) is 17.8 Å². The van der Waals surface area contributed by atoms with Crippen LogP contribution in [-0.2, 0) is 0 Å².